The summed E-state index contributed by atoms with van der Waals surface area (Å²) in [7, 11) is 0. The summed E-state index contributed by atoms with van der Waals surface area (Å²) in [6.45, 7) is 14.7. The van der Waals surface area contributed by atoms with Crippen LogP contribution in [0.15, 0.2) is 134 Å². The first-order valence-corrected chi connectivity index (χ1v) is 27.8. The Labute approximate surface area is 499 Å². The molecule has 0 spiro atoms. The third-order valence-electron chi connectivity index (χ3n) is 16.1. The molecule has 6 aromatic heterocycles. The topological polar surface area (TPSA) is 244 Å². The zero-order chi connectivity index (χ0) is 54.1. The van der Waals surface area contributed by atoms with Crippen molar-refractivity contribution in [1.82, 2.24) is 58.4 Å². The largest absolute Gasteiger partial charge is 1.00 e. The second-order valence-electron chi connectivity index (χ2n) is 21.4. The van der Waals surface area contributed by atoms with E-state index in [-0.39, 0.29) is 60.8 Å². The van der Waals surface area contributed by atoms with Crippen molar-refractivity contribution in [3.05, 3.63) is 168 Å². The molecule has 84 heavy (non-hydrogen) atoms. The van der Waals surface area contributed by atoms with Gasteiger partial charge in [0.05, 0.1) is 91.5 Å². The molecular weight excluding hydrogens is 1060 g/mol. The standard InChI is InChI=1S/C31H33N7O2.C30H31N7O3.CH4.Li.2H2O/c1-22(39)24-7-9-27-28(17-24)37(20-26-11-16-40-26)30(33-27)21-35-12-14-36(15-13-35)29-10-8-25-18-32-38(31(25)34-29)19-23-5-3-2-4-6-23;38-30(39)22-6-8-25-26(16-22)36(19-24-10-15-40-24)28(32-25)20-34-11-13-35(14-12-34)27-9-7-23-17-31-37(29(23)33-27)18-21-4-2-1-3-5-21;;;;/h2-10,17-18,26H,11-16,19-21H2,1H3;1-9,16-17,24H,10-15,18-20H2,(H,38,39);1H4;;2*1H2/q;;;+1;;/p-1/t26-;24-;;;;/m00..../s1. The van der Waals surface area contributed by atoms with E-state index < -0.39 is 5.97 Å². The summed E-state index contributed by atoms with van der Waals surface area (Å²) in [4.78, 5) is 53.1. The van der Waals surface area contributed by atoms with Crippen LogP contribution in [0.25, 0.3) is 44.1 Å². The van der Waals surface area contributed by atoms with Gasteiger partial charge in [-0.05, 0) is 91.6 Å². The quantitative estimate of drug-likeness (QED) is 0.104. The number of hydrogen-bond donors (Lipinski definition) is 1. The van der Waals surface area contributed by atoms with Crippen molar-refractivity contribution < 1.29 is 54.0 Å². The normalized spacial score (nSPS) is 17.1. The number of piperazine rings is 2. The van der Waals surface area contributed by atoms with Crippen LogP contribution in [0.3, 0.4) is 0 Å². The first kappa shape index (κ1) is 60.7. The summed E-state index contributed by atoms with van der Waals surface area (Å²) in [6, 6.07) is 40.1. The van der Waals surface area contributed by atoms with E-state index in [0.29, 0.717) is 26.2 Å². The van der Waals surface area contributed by atoms with E-state index in [1.807, 2.05) is 70.3 Å². The molecule has 10 aromatic rings. The molecule has 0 aliphatic carbocycles. The van der Waals surface area contributed by atoms with Crippen molar-refractivity contribution in [1.29, 1.82) is 0 Å². The van der Waals surface area contributed by atoms with Crippen LogP contribution < -0.4 is 28.7 Å². The molecule has 0 saturated carbocycles. The van der Waals surface area contributed by atoms with Crippen molar-refractivity contribution in [2.75, 3.05) is 75.4 Å². The average Bonchev–Trinajstić information content (AvgIpc) is 4.33. The van der Waals surface area contributed by atoms with E-state index in [1.165, 1.54) is 11.1 Å². The van der Waals surface area contributed by atoms with Gasteiger partial charge >= 0.3 is 24.8 Å². The number of benzene rings is 4. The van der Waals surface area contributed by atoms with Gasteiger partial charge in [0, 0.05) is 81.9 Å². The molecule has 4 saturated heterocycles. The number of fused-ring (bicyclic) bond motifs is 4. The van der Waals surface area contributed by atoms with Crippen LogP contribution in [0, 0.1) is 0 Å². The van der Waals surface area contributed by atoms with E-state index in [1.54, 1.807) is 19.1 Å². The van der Waals surface area contributed by atoms with Crippen LogP contribution in [0.4, 0.5) is 11.6 Å². The van der Waals surface area contributed by atoms with Crippen LogP contribution >= 0.6 is 0 Å². The van der Waals surface area contributed by atoms with Crippen molar-refractivity contribution in [3.63, 3.8) is 0 Å². The number of anilines is 2. The second-order valence-corrected chi connectivity index (χ2v) is 21.4. The Morgan fingerprint density at radius 1 is 0.548 bits per heavy atom. The number of carboxylic acids is 1. The third-order valence-corrected chi connectivity index (χ3v) is 16.1. The Bertz CT molecular complexity index is 3600. The summed E-state index contributed by atoms with van der Waals surface area (Å²) in [6.07, 6.45) is 6.22. The molecule has 432 valence electrons. The molecule has 0 bridgehead atoms. The smallest absolute Gasteiger partial charge is 0.870 e. The summed E-state index contributed by atoms with van der Waals surface area (Å²) in [5, 5.41) is 20.8. The second kappa shape index (κ2) is 26.8. The van der Waals surface area contributed by atoms with Gasteiger partial charge in [-0.1, -0.05) is 68.1 Å². The molecule has 2 atom stereocenters. The fourth-order valence-corrected chi connectivity index (χ4v) is 11.3. The van der Waals surface area contributed by atoms with E-state index >= 15 is 0 Å². The number of ether oxygens (including phenoxy) is 2. The summed E-state index contributed by atoms with van der Waals surface area (Å²) in [5.41, 5.74) is 8.84. The van der Waals surface area contributed by atoms with Gasteiger partial charge in [0.1, 0.15) is 23.3 Å². The van der Waals surface area contributed by atoms with Crippen LogP contribution in [-0.2, 0) is 48.7 Å². The molecule has 4 aliphatic heterocycles. The number of aromatic nitrogens is 10. The SMILES string of the molecule is C.CC(=O)c1ccc2nc(CN3CCN(c4ccc5cnn(Cc6ccccc6)c5n4)CC3)n(C[C@@H]3CCO3)c2c1.O.O=C(O)c1ccc2nc(CN3CCN(c4ccc5cnn(Cc6ccccc6)c5n4)CC3)n(C[C@@H]3CCO3)c2c1.[Li+].[OH-]. The molecule has 4 aromatic carbocycles. The number of carbonyl (C=O) groups is 2. The summed E-state index contributed by atoms with van der Waals surface area (Å²) < 4.78 is 19.8. The first-order chi connectivity index (χ1) is 39.2. The molecule has 4 N–H and O–H groups in total. The number of rotatable bonds is 16. The average molecular weight is 1130 g/mol. The molecule has 0 radical (unpaired) electrons. The van der Waals surface area contributed by atoms with Crippen molar-refractivity contribution >= 4 is 67.5 Å². The predicted octanol–water partition coefficient (Wildman–Crippen LogP) is 4.42. The number of pyridine rings is 2. The van der Waals surface area contributed by atoms with Crippen LogP contribution in [-0.4, -0.2) is 164 Å². The monoisotopic (exact) mass is 1130 g/mol. The molecular formula is C62H71LiN14O7. The van der Waals surface area contributed by atoms with Crippen molar-refractivity contribution in [2.45, 2.75) is 78.7 Å². The van der Waals surface area contributed by atoms with Gasteiger partial charge in [0.2, 0.25) is 0 Å². The Hall–Kier alpha value is -7.84. The van der Waals surface area contributed by atoms with E-state index in [9.17, 15) is 14.7 Å². The third kappa shape index (κ3) is 13.1. The molecule has 22 heteroatoms. The van der Waals surface area contributed by atoms with Crippen molar-refractivity contribution in [3.8, 4) is 0 Å². The summed E-state index contributed by atoms with van der Waals surface area (Å²) in [5.74, 6) is 3.09. The maximum Gasteiger partial charge on any atom is 1.00 e. The number of carbonyl (C=O) groups excluding carboxylic acids is 1. The van der Waals surface area contributed by atoms with E-state index in [4.69, 9.17) is 29.4 Å². The number of hydrogen-bond acceptors (Lipinski definition) is 15. The predicted molar refractivity (Wildman–Crippen MR) is 319 cm³/mol. The van der Waals surface area contributed by atoms with E-state index in [2.05, 4.69) is 99.6 Å². The Morgan fingerprint density at radius 2 is 0.964 bits per heavy atom. The maximum atomic E-state index is 12.0. The van der Waals surface area contributed by atoms with Crippen molar-refractivity contribution in [2.24, 2.45) is 0 Å². The molecule has 21 nitrogen and oxygen atoms in total. The first-order valence-electron chi connectivity index (χ1n) is 27.8. The van der Waals surface area contributed by atoms with Gasteiger partial charge in [-0.2, -0.15) is 10.2 Å². The van der Waals surface area contributed by atoms with Crippen LogP contribution in [0.5, 0.6) is 0 Å². The fraction of sp³-hybridized carbons (Fsp3) is 0.355. The van der Waals surface area contributed by atoms with Gasteiger partial charge in [-0.3, -0.25) is 14.6 Å². The Kier molecular flexibility index (Phi) is 19.4. The van der Waals surface area contributed by atoms with Gasteiger partial charge in [0.25, 0.3) is 0 Å². The number of ketones is 1. The molecule has 4 aliphatic rings. The number of Topliss-reactive ketones (excluding diaryl/α,β-unsaturated/α-hetero) is 1. The van der Waals surface area contributed by atoms with Crippen LogP contribution in [0.2, 0.25) is 0 Å². The van der Waals surface area contributed by atoms with Gasteiger partial charge < -0.3 is 44.5 Å². The molecule has 10 heterocycles. The number of carboxylic acid groups (broad SMARTS) is 1. The number of imidazole rings is 2. The minimum absolute atomic E-state index is 0. The van der Waals surface area contributed by atoms with Crippen LogP contribution in [0.1, 0.15) is 70.7 Å². The van der Waals surface area contributed by atoms with Gasteiger partial charge in [-0.15, -0.1) is 0 Å². The number of nitrogens with zero attached hydrogens (tertiary/aromatic N) is 14. The zero-order valence-corrected chi connectivity index (χ0v) is 46.9. The molecule has 0 amide bonds. The van der Waals surface area contributed by atoms with Gasteiger partial charge in [-0.25, -0.2) is 34.1 Å². The maximum absolute atomic E-state index is 12.0. The minimum Gasteiger partial charge on any atom is -0.870 e. The number of aromatic carboxylic acids is 1. The molecule has 0 unspecified atom stereocenters. The molecule has 4 fully saturated rings. The van der Waals surface area contributed by atoms with E-state index in [0.717, 1.165) is 164 Å². The summed E-state index contributed by atoms with van der Waals surface area (Å²) >= 11 is 0. The Balaban J connectivity index is 0.000000192. The zero-order valence-electron chi connectivity index (χ0n) is 46.9. The Morgan fingerprint density at radius 3 is 1.36 bits per heavy atom. The van der Waals surface area contributed by atoms with Gasteiger partial charge in [0.15, 0.2) is 17.1 Å². The minimum atomic E-state index is -0.929. The fourth-order valence-electron chi connectivity index (χ4n) is 11.3. The molecule has 14 rings (SSSR count).